The quantitative estimate of drug-likeness (QED) is 0.687. The van der Waals surface area contributed by atoms with Gasteiger partial charge in [0.25, 0.3) is 0 Å². The van der Waals surface area contributed by atoms with Gasteiger partial charge < -0.3 is 5.11 Å². The van der Waals surface area contributed by atoms with E-state index in [0.29, 0.717) is 23.4 Å². The maximum Gasteiger partial charge on any atom is 0.0522 e. The van der Waals surface area contributed by atoms with Crippen molar-refractivity contribution in [3.8, 4) is 0 Å². The Morgan fingerprint density at radius 3 is 2.67 bits per heavy atom. The molecule has 1 spiro atoms. The van der Waals surface area contributed by atoms with Gasteiger partial charge >= 0.3 is 0 Å². The van der Waals surface area contributed by atoms with Crippen LogP contribution in [0.5, 0.6) is 0 Å². The molecule has 0 radical (unpaired) electrons. The van der Waals surface area contributed by atoms with Crippen molar-refractivity contribution < 1.29 is 5.11 Å². The van der Waals surface area contributed by atoms with Crippen LogP contribution in [0.4, 0.5) is 0 Å². The van der Waals surface area contributed by atoms with E-state index in [2.05, 4.69) is 32.9 Å². The van der Waals surface area contributed by atoms with Gasteiger partial charge in [-0.2, -0.15) is 0 Å². The molecule has 3 fully saturated rings. The molecule has 3 saturated carbocycles. The Morgan fingerprint density at radius 1 is 1.10 bits per heavy atom. The highest BCUT2D eigenvalue weighted by atomic mass is 16.3. The maximum absolute atomic E-state index is 10.0. The van der Waals surface area contributed by atoms with Crippen LogP contribution in [0, 0.1) is 39.9 Å². The molecule has 0 saturated heterocycles. The van der Waals surface area contributed by atoms with Crippen molar-refractivity contribution in [2.24, 2.45) is 39.9 Å². The van der Waals surface area contributed by atoms with Crippen LogP contribution >= 0.6 is 0 Å². The van der Waals surface area contributed by atoms with Gasteiger partial charge in [-0.1, -0.05) is 32.9 Å². The minimum atomic E-state index is 0.0235. The molecule has 4 rings (SSSR count). The van der Waals surface area contributed by atoms with Crippen LogP contribution in [0.25, 0.3) is 0 Å². The Hall–Kier alpha value is -0.300. The van der Waals surface area contributed by atoms with E-state index in [1.807, 2.05) is 0 Å². The summed E-state index contributed by atoms with van der Waals surface area (Å²) in [7, 11) is 0. The molecule has 0 heterocycles. The van der Waals surface area contributed by atoms with Crippen LogP contribution in [0.3, 0.4) is 0 Å². The lowest BCUT2D eigenvalue weighted by Gasteiger charge is -2.62. The van der Waals surface area contributed by atoms with Gasteiger partial charge in [0.2, 0.25) is 0 Å². The second-order valence-electron chi connectivity index (χ2n) is 9.51. The normalized spacial score (nSPS) is 58.7. The van der Waals surface area contributed by atoms with Gasteiger partial charge in [0, 0.05) is 5.41 Å². The summed E-state index contributed by atoms with van der Waals surface area (Å²) in [6, 6.07) is 0. The van der Waals surface area contributed by atoms with Crippen LogP contribution in [-0.2, 0) is 0 Å². The Kier molecular flexibility index (Phi) is 2.98. The summed E-state index contributed by atoms with van der Waals surface area (Å²) in [6.07, 6.45) is 14.7. The minimum Gasteiger partial charge on any atom is -0.395 e. The first-order valence-corrected chi connectivity index (χ1v) is 9.22. The van der Waals surface area contributed by atoms with Crippen molar-refractivity contribution in [1.29, 1.82) is 0 Å². The minimum absolute atomic E-state index is 0.0235. The third kappa shape index (κ3) is 1.73. The van der Waals surface area contributed by atoms with E-state index in [1.54, 1.807) is 0 Å². The molecule has 2 bridgehead atoms. The summed E-state index contributed by atoms with van der Waals surface area (Å²) in [4.78, 5) is 0. The van der Waals surface area contributed by atoms with Crippen LogP contribution in [0.2, 0.25) is 0 Å². The Balaban J connectivity index is 1.74. The highest BCUT2D eigenvalue weighted by molar-refractivity contribution is 5.19. The van der Waals surface area contributed by atoms with E-state index < -0.39 is 0 Å². The highest BCUT2D eigenvalue weighted by Crippen LogP contribution is 2.71. The zero-order valence-electron chi connectivity index (χ0n) is 14.1. The molecule has 0 aromatic rings. The molecular weight excluding hydrogens is 256 g/mol. The predicted octanol–water partition coefficient (Wildman–Crippen LogP) is 4.80. The highest BCUT2D eigenvalue weighted by Gasteiger charge is 2.63. The van der Waals surface area contributed by atoms with E-state index in [0.717, 1.165) is 17.8 Å². The third-order valence-corrected chi connectivity index (χ3v) is 8.48. The molecule has 0 aliphatic heterocycles. The third-order valence-electron chi connectivity index (χ3n) is 8.48. The van der Waals surface area contributed by atoms with Crippen LogP contribution < -0.4 is 0 Å². The van der Waals surface area contributed by atoms with Gasteiger partial charge in [-0.05, 0) is 79.4 Å². The standard InChI is InChI=1S/C20H32O/c1-14-11-20-10-7-16-18(2,13-21)8-4-9-19(16,3)17(20)6-5-15(14)12-20/h4,8,14-17,21H,5-7,9-13H2,1-3H3/t14-,15-,16+,17-,18?,19+,20+/m1/s1. The first-order chi connectivity index (χ1) is 9.94. The molecule has 0 aromatic heterocycles. The first-order valence-electron chi connectivity index (χ1n) is 9.22. The Bertz CT molecular complexity index is 464. The van der Waals surface area contributed by atoms with Gasteiger partial charge in [0.1, 0.15) is 0 Å². The van der Waals surface area contributed by atoms with Crippen molar-refractivity contribution in [1.82, 2.24) is 0 Å². The smallest absolute Gasteiger partial charge is 0.0522 e. The molecule has 0 aromatic carbocycles. The van der Waals surface area contributed by atoms with E-state index in [4.69, 9.17) is 0 Å². The molecule has 7 atom stereocenters. The molecule has 0 amide bonds. The fourth-order valence-corrected chi connectivity index (χ4v) is 7.61. The van der Waals surface area contributed by atoms with Crippen molar-refractivity contribution in [3.63, 3.8) is 0 Å². The lowest BCUT2D eigenvalue weighted by molar-refractivity contribution is -0.125. The van der Waals surface area contributed by atoms with E-state index in [-0.39, 0.29) is 5.41 Å². The molecular formula is C20H32O. The summed E-state index contributed by atoms with van der Waals surface area (Å²) in [5, 5.41) is 10.0. The summed E-state index contributed by atoms with van der Waals surface area (Å²) in [6.45, 7) is 7.70. The molecule has 1 unspecified atom stereocenters. The predicted molar refractivity (Wildman–Crippen MR) is 86.8 cm³/mol. The van der Waals surface area contributed by atoms with Gasteiger partial charge in [0.05, 0.1) is 6.61 Å². The molecule has 1 heteroatoms. The fourth-order valence-electron chi connectivity index (χ4n) is 7.61. The lowest BCUT2D eigenvalue weighted by atomic mass is 9.42. The molecule has 21 heavy (non-hydrogen) atoms. The van der Waals surface area contributed by atoms with Gasteiger partial charge in [-0.3, -0.25) is 0 Å². The number of allylic oxidation sites excluding steroid dienone is 1. The summed E-state index contributed by atoms with van der Waals surface area (Å²) < 4.78 is 0. The van der Waals surface area contributed by atoms with E-state index in [1.165, 1.54) is 44.9 Å². The first kappa shape index (κ1) is 14.3. The maximum atomic E-state index is 10.0. The van der Waals surface area contributed by atoms with Crippen molar-refractivity contribution >= 4 is 0 Å². The summed E-state index contributed by atoms with van der Waals surface area (Å²) in [5.74, 6) is 3.56. The number of fused-ring (bicyclic) bond motifs is 3. The zero-order valence-corrected chi connectivity index (χ0v) is 14.1. The molecule has 1 N–H and O–H groups in total. The number of aliphatic hydroxyl groups excluding tert-OH is 1. The Morgan fingerprint density at radius 2 is 1.90 bits per heavy atom. The van der Waals surface area contributed by atoms with Gasteiger partial charge in [-0.15, -0.1) is 0 Å². The van der Waals surface area contributed by atoms with Crippen LogP contribution in [-0.4, -0.2) is 11.7 Å². The lowest BCUT2D eigenvalue weighted by Crippen LogP contribution is -2.56. The average molecular weight is 288 g/mol. The van der Waals surface area contributed by atoms with Crippen molar-refractivity contribution in [3.05, 3.63) is 12.2 Å². The van der Waals surface area contributed by atoms with Crippen LogP contribution in [0.1, 0.15) is 65.7 Å². The monoisotopic (exact) mass is 288 g/mol. The average Bonchev–Trinajstić information content (AvgIpc) is 2.68. The molecule has 1 nitrogen and oxygen atoms in total. The number of rotatable bonds is 1. The van der Waals surface area contributed by atoms with Gasteiger partial charge in [-0.25, -0.2) is 0 Å². The van der Waals surface area contributed by atoms with E-state index >= 15 is 0 Å². The second-order valence-corrected chi connectivity index (χ2v) is 9.51. The van der Waals surface area contributed by atoms with Crippen molar-refractivity contribution in [2.45, 2.75) is 65.7 Å². The zero-order chi connectivity index (χ0) is 14.9. The van der Waals surface area contributed by atoms with E-state index in [9.17, 15) is 5.11 Å². The summed E-state index contributed by atoms with van der Waals surface area (Å²) >= 11 is 0. The number of hydrogen-bond donors (Lipinski definition) is 1. The molecule has 118 valence electrons. The van der Waals surface area contributed by atoms with Gasteiger partial charge in [0.15, 0.2) is 0 Å². The second kappa shape index (κ2) is 4.37. The fraction of sp³-hybridized carbons (Fsp3) is 0.900. The molecule has 4 aliphatic carbocycles. The summed E-state index contributed by atoms with van der Waals surface area (Å²) in [5.41, 5.74) is 1.12. The molecule has 4 aliphatic rings. The topological polar surface area (TPSA) is 20.2 Å². The Labute approximate surface area is 130 Å². The van der Waals surface area contributed by atoms with Crippen molar-refractivity contribution in [2.75, 3.05) is 6.61 Å². The largest absolute Gasteiger partial charge is 0.395 e. The SMILES string of the molecule is C[C@@H]1C[C@]23CC[C@H]4C(C)(CO)C=CC[C@]4(C)[C@H]2CC[C@@H]1C3. The number of hydrogen-bond acceptors (Lipinski definition) is 1. The number of aliphatic hydroxyl groups is 1. The van der Waals surface area contributed by atoms with Crippen LogP contribution in [0.15, 0.2) is 12.2 Å².